The SMILES string of the molecule is CCc1ccc(-c2cc(C(=O)N3CCCC(C4(O)CC4)C3)[nH]n2)cc1. The van der Waals surface area contributed by atoms with Gasteiger partial charge in [-0.15, -0.1) is 0 Å². The van der Waals surface area contributed by atoms with E-state index >= 15 is 0 Å². The van der Waals surface area contributed by atoms with Crippen molar-refractivity contribution in [2.24, 2.45) is 5.92 Å². The standard InChI is InChI=1S/C20H25N3O2/c1-2-14-5-7-15(8-6-14)17-12-18(22-21-17)19(24)23-11-3-4-16(13-23)20(25)9-10-20/h5-8,12,16,25H,2-4,9-11,13H2,1H3,(H,21,22). The molecule has 1 saturated heterocycles. The summed E-state index contributed by atoms with van der Waals surface area (Å²) in [4.78, 5) is 14.7. The minimum atomic E-state index is -0.515. The Morgan fingerprint density at radius 3 is 2.80 bits per heavy atom. The van der Waals surface area contributed by atoms with Gasteiger partial charge in [-0.2, -0.15) is 5.10 Å². The average molecular weight is 339 g/mol. The summed E-state index contributed by atoms with van der Waals surface area (Å²) in [5.74, 6) is 0.201. The van der Waals surface area contributed by atoms with Gasteiger partial charge in [-0.3, -0.25) is 9.89 Å². The van der Waals surface area contributed by atoms with Crippen molar-refractivity contribution in [1.82, 2.24) is 15.1 Å². The summed E-state index contributed by atoms with van der Waals surface area (Å²) in [5, 5.41) is 17.6. The Morgan fingerprint density at radius 1 is 1.36 bits per heavy atom. The van der Waals surface area contributed by atoms with Crippen molar-refractivity contribution in [3.63, 3.8) is 0 Å². The summed E-state index contributed by atoms with van der Waals surface area (Å²) >= 11 is 0. The molecule has 5 heteroatoms. The molecule has 2 aromatic rings. The first kappa shape index (κ1) is 16.3. The van der Waals surface area contributed by atoms with Gasteiger partial charge >= 0.3 is 0 Å². The van der Waals surface area contributed by atoms with Crippen molar-refractivity contribution >= 4 is 5.91 Å². The van der Waals surface area contributed by atoms with Gasteiger partial charge in [0, 0.05) is 24.6 Å². The highest BCUT2D eigenvalue weighted by atomic mass is 16.3. The number of aliphatic hydroxyl groups is 1. The van der Waals surface area contributed by atoms with Crippen LogP contribution in [0.5, 0.6) is 0 Å². The van der Waals surface area contributed by atoms with E-state index in [0.717, 1.165) is 49.9 Å². The van der Waals surface area contributed by atoms with Crippen LogP contribution in [-0.4, -0.2) is 44.8 Å². The highest BCUT2D eigenvalue weighted by molar-refractivity contribution is 5.93. The molecular formula is C20H25N3O2. The van der Waals surface area contributed by atoms with E-state index in [2.05, 4.69) is 29.3 Å². The normalized spacial score (nSPS) is 22.0. The van der Waals surface area contributed by atoms with E-state index in [9.17, 15) is 9.90 Å². The summed E-state index contributed by atoms with van der Waals surface area (Å²) in [6.45, 7) is 3.53. The fraction of sp³-hybridized carbons (Fsp3) is 0.500. The number of aromatic amines is 1. The fourth-order valence-corrected chi connectivity index (χ4v) is 3.80. The van der Waals surface area contributed by atoms with Gasteiger partial charge in [0.1, 0.15) is 5.69 Å². The average Bonchev–Trinajstić information content (AvgIpc) is 3.22. The van der Waals surface area contributed by atoms with Crippen molar-refractivity contribution in [3.05, 3.63) is 41.6 Å². The van der Waals surface area contributed by atoms with Crippen LogP contribution in [0, 0.1) is 5.92 Å². The van der Waals surface area contributed by atoms with E-state index in [1.807, 2.05) is 23.1 Å². The first-order valence-corrected chi connectivity index (χ1v) is 9.25. The van der Waals surface area contributed by atoms with Crippen LogP contribution in [0.15, 0.2) is 30.3 Å². The molecule has 0 spiro atoms. The third kappa shape index (κ3) is 3.21. The number of aromatic nitrogens is 2. The zero-order valence-electron chi connectivity index (χ0n) is 14.7. The molecular weight excluding hydrogens is 314 g/mol. The van der Waals surface area contributed by atoms with Crippen LogP contribution in [-0.2, 0) is 6.42 Å². The number of rotatable bonds is 4. The zero-order chi connectivity index (χ0) is 17.4. The number of H-pyrrole nitrogens is 1. The van der Waals surface area contributed by atoms with Gasteiger partial charge in [-0.1, -0.05) is 31.2 Å². The minimum Gasteiger partial charge on any atom is -0.390 e. The number of piperidine rings is 1. The number of carbonyl (C=O) groups is 1. The first-order chi connectivity index (χ1) is 12.1. The number of amides is 1. The Hall–Kier alpha value is -2.14. The predicted molar refractivity (Wildman–Crippen MR) is 96.2 cm³/mol. The van der Waals surface area contributed by atoms with E-state index in [1.54, 1.807) is 0 Å². The Morgan fingerprint density at radius 2 is 2.12 bits per heavy atom. The second kappa shape index (κ2) is 6.30. The number of hydrogen-bond acceptors (Lipinski definition) is 3. The molecule has 2 fully saturated rings. The fourth-order valence-electron chi connectivity index (χ4n) is 3.80. The summed E-state index contributed by atoms with van der Waals surface area (Å²) in [7, 11) is 0. The Kier molecular flexibility index (Phi) is 4.12. The van der Waals surface area contributed by atoms with Gasteiger partial charge in [-0.25, -0.2) is 0 Å². The van der Waals surface area contributed by atoms with Crippen molar-refractivity contribution in [1.29, 1.82) is 0 Å². The van der Waals surface area contributed by atoms with E-state index in [4.69, 9.17) is 0 Å². The molecule has 2 N–H and O–H groups in total. The molecule has 1 saturated carbocycles. The van der Waals surface area contributed by atoms with Gasteiger partial charge in [0.05, 0.1) is 11.3 Å². The maximum atomic E-state index is 12.8. The minimum absolute atomic E-state index is 0.0159. The highest BCUT2D eigenvalue weighted by Gasteiger charge is 2.49. The Labute approximate surface area is 148 Å². The number of benzene rings is 1. The summed E-state index contributed by atoms with van der Waals surface area (Å²) in [6.07, 6.45) is 4.73. The summed E-state index contributed by atoms with van der Waals surface area (Å²) in [6, 6.07) is 10.1. The third-order valence-electron chi connectivity index (χ3n) is 5.70. The van der Waals surface area contributed by atoms with Crippen LogP contribution in [0.3, 0.4) is 0 Å². The number of nitrogens with zero attached hydrogens (tertiary/aromatic N) is 2. The smallest absolute Gasteiger partial charge is 0.271 e. The lowest BCUT2D eigenvalue weighted by Crippen LogP contribution is -2.44. The maximum Gasteiger partial charge on any atom is 0.271 e. The van der Waals surface area contributed by atoms with Gasteiger partial charge in [0.15, 0.2) is 0 Å². The number of aryl methyl sites for hydroxylation is 1. The summed E-state index contributed by atoms with van der Waals surface area (Å²) < 4.78 is 0. The lowest BCUT2D eigenvalue weighted by Gasteiger charge is -2.35. The molecule has 25 heavy (non-hydrogen) atoms. The molecule has 1 atom stereocenters. The molecule has 2 heterocycles. The van der Waals surface area contributed by atoms with Crippen LogP contribution >= 0.6 is 0 Å². The number of nitrogens with one attached hydrogen (secondary N) is 1. The van der Waals surface area contributed by atoms with Gasteiger partial charge in [-0.05, 0) is 43.7 Å². The monoisotopic (exact) mass is 339 g/mol. The molecule has 0 radical (unpaired) electrons. The molecule has 1 aliphatic carbocycles. The summed E-state index contributed by atoms with van der Waals surface area (Å²) in [5.41, 5.74) is 3.10. The first-order valence-electron chi connectivity index (χ1n) is 9.25. The topological polar surface area (TPSA) is 69.2 Å². The Bertz CT molecular complexity index is 762. The van der Waals surface area contributed by atoms with Gasteiger partial charge < -0.3 is 10.0 Å². The second-order valence-corrected chi connectivity index (χ2v) is 7.41. The molecule has 1 aromatic carbocycles. The van der Waals surface area contributed by atoms with Crippen LogP contribution in [0.2, 0.25) is 0 Å². The lowest BCUT2D eigenvalue weighted by atomic mass is 9.90. The van der Waals surface area contributed by atoms with E-state index in [-0.39, 0.29) is 11.8 Å². The second-order valence-electron chi connectivity index (χ2n) is 7.41. The highest BCUT2D eigenvalue weighted by Crippen LogP contribution is 2.45. The van der Waals surface area contributed by atoms with Gasteiger partial charge in [0.25, 0.3) is 5.91 Å². The molecule has 2 aliphatic rings. The van der Waals surface area contributed by atoms with Crippen LogP contribution in [0.1, 0.15) is 48.7 Å². The predicted octanol–water partition coefficient (Wildman–Crippen LogP) is 3.02. The number of carbonyl (C=O) groups excluding carboxylic acids is 1. The van der Waals surface area contributed by atoms with Crippen molar-refractivity contribution < 1.29 is 9.90 Å². The lowest BCUT2D eigenvalue weighted by molar-refractivity contribution is 0.0279. The molecule has 5 nitrogen and oxygen atoms in total. The van der Waals surface area contributed by atoms with Crippen LogP contribution in [0.4, 0.5) is 0 Å². The molecule has 1 amide bonds. The number of hydrogen-bond donors (Lipinski definition) is 2. The Balaban J connectivity index is 1.48. The third-order valence-corrected chi connectivity index (χ3v) is 5.70. The van der Waals surface area contributed by atoms with Crippen molar-refractivity contribution in [3.8, 4) is 11.3 Å². The molecule has 0 bridgehead atoms. The zero-order valence-corrected chi connectivity index (χ0v) is 14.7. The quantitative estimate of drug-likeness (QED) is 0.899. The largest absolute Gasteiger partial charge is 0.390 e. The van der Waals surface area contributed by atoms with E-state index in [1.165, 1.54) is 5.56 Å². The molecule has 1 aliphatic heterocycles. The molecule has 1 aromatic heterocycles. The molecule has 1 unspecified atom stereocenters. The van der Waals surface area contributed by atoms with E-state index < -0.39 is 5.60 Å². The van der Waals surface area contributed by atoms with Crippen molar-refractivity contribution in [2.45, 2.75) is 44.6 Å². The molecule has 4 rings (SSSR count). The number of likely N-dealkylation sites (tertiary alicyclic amines) is 1. The van der Waals surface area contributed by atoms with Gasteiger partial charge in [0.2, 0.25) is 0 Å². The maximum absolute atomic E-state index is 12.8. The van der Waals surface area contributed by atoms with Crippen molar-refractivity contribution in [2.75, 3.05) is 13.1 Å². The van der Waals surface area contributed by atoms with E-state index in [0.29, 0.717) is 12.2 Å². The molecule has 132 valence electrons. The van der Waals surface area contributed by atoms with Crippen LogP contribution < -0.4 is 0 Å². The van der Waals surface area contributed by atoms with Crippen LogP contribution in [0.25, 0.3) is 11.3 Å².